The third-order valence-corrected chi connectivity index (χ3v) is 6.02. The predicted octanol–water partition coefficient (Wildman–Crippen LogP) is 4.96. The second kappa shape index (κ2) is 10.1. The maximum atomic E-state index is 16.0. The zero-order valence-electron chi connectivity index (χ0n) is 20.7. The average molecular weight is 495 g/mol. The number of imide groups is 1. The summed E-state index contributed by atoms with van der Waals surface area (Å²) in [4.78, 5) is 39.0. The van der Waals surface area contributed by atoms with Crippen molar-refractivity contribution in [2.75, 3.05) is 20.3 Å². The molecule has 1 rings (SSSR count). The van der Waals surface area contributed by atoms with Crippen molar-refractivity contribution in [1.29, 1.82) is 0 Å². The van der Waals surface area contributed by atoms with E-state index < -0.39 is 54.6 Å². The Hall–Kier alpha value is -1.97. The Bertz CT molecular complexity index is 795. The zero-order valence-corrected chi connectivity index (χ0v) is 21.6. The van der Waals surface area contributed by atoms with Gasteiger partial charge in [0.05, 0.1) is 20.3 Å². The maximum absolute atomic E-state index is 16.0. The van der Waals surface area contributed by atoms with Crippen LogP contribution in [0, 0.1) is 0 Å². The van der Waals surface area contributed by atoms with Crippen molar-refractivity contribution < 1.29 is 46.6 Å². The predicted molar refractivity (Wildman–Crippen MR) is 118 cm³/mol. The number of nitrogens with zero attached hydrogens (tertiary/aromatic N) is 1. The monoisotopic (exact) mass is 495 g/mol. The molecule has 2 atom stereocenters. The van der Waals surface area contributed by atoms with Gasteiger partial charge in [-0.3, -0.25) is 4.57 Å². The fraction of sp³-hybridized carbons (Fsp3) is 0.762. The highest BCUT2D eigenvalue weighted by Crippen LogP contribution is 2.60. The van der Waals surface area contributed by atoms with Gasteiger partial charge >= 0.3 is 25.8 Å². The van der Waals surface area contributed by atoms with Crippen LogP contribution in [-0.4, -0.2) is 65.8 Å². The van der Waals surface area contributed by atoms with E-state index in [1.165, 1.54) is 0 Å². The topological polar surface area (TPSA) is 118 Å². The van der Waals surface area contributed by atoms with E-state index in [0.717, 1.165) is 19.0 Å². The molecule has 0 aliphatic heterocycles. The molecular weight excluding hydrogens is 460 g/mol. The lowest BCUT2D eigenvalue weighted by Crippen LogP contribution is -2.57. The molecule has 0 radical (unpaired) electrons. The molecule has 0 aromatic rings. The minimum atomic E-state index is -3.84. The quantitative estimate of drug-likeness (QED) is 0.261. The number of rotatable bonds is 8. The Labute approximate surface area is 194 Å². The van der Waals surface area contributed by atoms with Crippen LogP contribution < -0.4 is 0 Å². The molecule has 1 unspecified atom stereocenters. The first-order valence-corrected chi connectivity index (χ1v) is 12.1. The van der Waals surface area contributed by atoms with Gasteiger partial charge in [0, 0.05) is 12.2 Å². The molecule has 1 saturated carbocycles. The van der Waals surface area contributed by atoms with Crippen molar-refractivity contribution in [2.45, 2.75) is 84.2 Å². The third kappa shape index (κ3) is 7.01. The Balaban J connectivity index is 3.55. The standard InChI is InChI=1S/C21H35FNO9P/c1-10-29-33(27,30-11-2)13-12-20(22)14-21(20,15(24)28-9)23(16(25)31-18(3,4)5)17(26)32-19(6,7)8/h12-13H,10-11,14H2,1-9H3/b13-12+/t20-,21?/m0/s1. The van der Waals surface area contributed by atoms with E-state index >= 15 is 4.39 Å². The summed E-state index contributed by atoms with van der Waals surface area (Å²) in [5, 5.41) is 0. The van der Waals surface area contributed by atoms with Crippen molar-refractivity contribution in [3.8, 4) is 0 Å². The van der Waals surface area contributed by atoms with Crippen LogP contribution in [-0.2, 0) is 32.6 Å². The number of halogens is 1. The lowest BCUT2D eigenvalue weighted by Gasteiger charge is -2.33. The summed E-state index contributed by atoms with van der Waals surface area (Å²) < 4.78 is 54.2. The molecule has 1 aliphatic carbocycles. The molecule has 0 saturated heterocycles. The summed E-state index contributed by atoms with van der Waals surface area (Å²) >= 11 is 0. The largest absolute Gasteiger partial charge is 0.467 e. The molecule has 12 heteroatoms. The van der Waals surface area contributed by atoms with E-state index in [1.807, 2.05) is 0 Å². The second-order valence-corrected chi connectivity index (χ2v) is 11.3. The third-order valence-electron chi connectivity index (χ3n) is 4.27. The van der Waals surface area contributed by atoms with Crippen LogP contribution in [0.4, 0.5) is 14.0 Å². The first-order chi connectivity index (χ1) is 14.9. The van der Waals surface area contributed by atoms with Gasteiger partial charge in [-0.2, -0.15) is 4.90 Å². The van der Waals surface area contributed by atoms with Crippen LogP contribution in [0.15, 0.2) is 11.9 Å². The highest BCUT2D eigenvalue weighted by molar-refractivity contribution is 7.57. The normalized spacial score (nSPS) is 23.2. The number of ether oxygens (including phenoxy) is 3. The van der Waals surface area contributed by atoms with Gasteiger partial charge in [0.15, 0.2) is 11.2 Å². The van der Waals surface area contributed by atoms with Crippen molar-refractivity contribution in [3.63, 3.8) is 0 Å². The molecule has 0 bridgehead atoms. The van der Waals surface area contributed by atoms with E-state index in [0.29, 0.717) is 0 Å². The summed E-state index contributed by atoms with van der Waals surface area (Å²) in [6.45, 7) is 12.4. The zero-order chi connectivity index (χ0) is 25.9. The smallest absolute Gasteiger partial charge is 0.421 e. The molecule has 0 heterocycles. The summed E-state index contributed by atoms with van der Waals surface area (Å²) in [5.41, 5.74) is -7.22. The van der Waals surface area contributed by atoms with Gasteiger partial charge in [-0.05, 0) is 61.5 Å². The summed E-state index contributed by atoms with van der Waals surface area (Å²) in [5.74, 6) is -0.346. The Morgan fingerprint density at radius 2 is 1.39 bits per heavy atom. The van der Waals surface area contributed by atoms with Crippen LogP contribution in [0.2, 0.25) is 0 Å². The van der Waals surface area contributed by atoms with Crippen molar-refractivity contribution in [1.82, 2.24) is 4.90 Å². The average Bonchev–Trinajstić information content (AvgIpc) is 3.23. The number of hydrogen-bond acceptors (Lipinski definition) is 9. The van der Waals surface area contributed by atoms with E-state index in [9.17, 15) is 18.9 Å². The van der Waals surface area contributed by atoms with Gasteiger partial charge in [0.25, 0.3) is 0 Å². The summed E-state index contributed by atoms with van der Waals surface area (Å²) in [7, 11) is -2.85. The van der Waals surface area contributed by atoms with Crippen LogP contribution in [0.25, 0.3) is 0 Å². The van der Waals surface area contributed by atoms with Crippen LogP contribution in [0.5, 0.6) is 0 Å². The van der Waals surface area contributed by atoms with Crippen molar-refractivity contribution >= 4 is 25.8 Å². The molecule has 1 aliphatic rings. The van der Waals surface area contributed by atoms with Crippen LogP contribution in [0.3, 0.4) is 0 Å². The molecular formula is C21H35FNO9P. The molecule has 0 spiro atoms. The second-order valence-electron chi connectivity index (χ2n) is 9.38. The fourth-order valence-electron chi connectivity index (χ4n) is 2.99. The maximum Gasteiger partial charge on any atom is 0.421 e. The molecule has 2 amide bonds. The molecule has 190 valence electrons. The fourth-order valence-corrected chi connectivity index (χ4v) is 4.37. The number of carbonyl (C=O) groups is 3. The van der Waals surface area contributed by atoms with E-state index in [-0.39, 0.29) is 18.1 Å². The minimum Gasteiger partial charge on any atom is -0.467 e. The van der Waals surface area contributed by atoms with Gasteiger partial charge < -0.3 is 23.3 Å². The molecule has 0 aromatic heterocycles. The van der Waals surface area contributed by atoms with Gasteiger partial charge in [0.2, 0.25) is 0 Å². The number of esters is 1. The van der Waals surface area contributed by atoms with Crippen LogP contribution >= 0.6 is 7.60 Å². The highest BCUT2D eigenvalue weighted by Gasteiger charge is 2.80. The van der Waals surface area contributed by atoms with Gasteiger partial charge in [-0.1, -0.05) is 0 Å². The SMILES string of the molecule is CCOP(=O)(/C=C/[C@]1(F)CC1(C(=O)OC)N(C(=O)OC(C)(C)C)C(=O)OC(C)(C)C)OCC. The van der Waals surface area contributed by atoms with E-state index in [2.05, 4.69) is 0 Å². The number of amides is 2. The van der Waals surface area contributed by atoms with Gasteiger partial charge in [-0.25, -0.2) is 18.8 Å². The number of alkyl halides is 1. The minimum absolute atomic E-state index is 0.0188. The van der Waals surface area contributed by atoms with Crippen LogP contribution in [0.1, 0.15) is 61.8 Å². The lowest BCUT2D eigenvalue weighted by atomic mass is 10.1. The number of hydrogen-bond donors (Lipinski definition) is 0. The molecule has 33 heavy (non-hydrogen) atoms. The van der Waals surface area contributed by atoms with Gasteiger partial charge in [-0.15, -0.1) is 0 Å². The summed E-state index contributed by atoms with van der Waals surface area (Å²) in [6.07, 6.45) is -2.47. The molecule has 10 nitrogen and oxygen atoms in total. The van der Waals surface area contributed by atoms with Crippen molar-refractivity contribution in [3.05, 3.63) is 11.9 Å². The van der Waals surface area contributed by atoms with Gasteiger partial charge in [0.1, 0.15) is 11.2 Å². The highest BCUT2D eigenvalue weighted by atomic mass is 31.2. The number of methoxy groups -OCH3 is 1. The summed E-state index contributed by atoms with van der Waals surface area (Å²) in [6, 6.07) is 0. The van der Waals surface area contributed by atoms with E-state index in [4.69, 9.17) is 23.3 Å². The first-order valence-electron chi connectivity index (χ1n) is 10.5. The lowest BCUT2D eigenvalue weighted by molar-refractivity contribution is -0.150. The Morgan fingerprint density at radius 1 is 0.970 bits per heavy atom. The van der Waals surface area contributed by atoms with Crippen molar-refractivity contribution in [2.24, 2.45) is 0 Å². The van der Waals surface area contributed by atoms with E-state index in [1.54, 1.807) is 55.4 Å². The molecule has 0 N–H and O–H groups in total. The molecule has 1 fully saturated rings. The Kier molecular flexibility index (Phi) is 8.90. The first kappa shape index (κ1) is 29.1. The Morgan fingerprint density at radius 3 is 1.73 bits per heavy atom. The molecule has 0 aromatic carbocycles. The number of carbonyl (C=O) groups excluding carboxylic acids is 3.